The zero-order valence-corrected chi connectivity index (χ0v) is 24.0. The maximum Gasteiger partial charge on any atom is 0.248 e. The molecule has 2 aromatic heterocycles. The summed E-state index contributed by atoms with van der Waals surface area (Å²) in [5, 5.41) is 20.0. The van der Waals surface area contributed by atoms with Crippen LogP contribution in [0.3, 0.4) is 0 Å². The van der Waals surface area contributed by atoms with Crippen LogP contribution >= 0.6 is 22.7 Å². The molecule has 0 fully saturated rings. The molecule has 9 nitrogen and oxygen atoms in total. The van der Waals surface area contributed by atoms with Gasteiger partial charge in [-0.15, -0.1) is 22.7 Å². The molecule has 0 unspecified atom stereocenters. The number of hydrogen-bond acceptors (Lipinski definition) is 8. The van der Waals surface area contributed by atoms with Crippen molar-refractivity contribution in [2.75, 3.05) is 17.3 Å². The molecule has 2 aromatic carbocycles. The molecule has 0 radical (unpaired) electrons. The fourth-order valence-corrected chi connectivity index (χ4v) is 5.46. The summed E-state index contributed by atoms with van der Waals surface area (Å²) in [6.45, 7) is 4.10. The Morgan fingerprint density at radius 2 is 1.88 bits per heavy atom. The first kappa shape index (κ1) is 28.8. The molecule has 40 heavy (non-hydrogen) atoms. The summed E-state index contributed by atoms with van der Waals surface area (Å²) in [5.74, 6) is -1.10. The average molecular weight is 579 g/mol. The van der Waals surface area contributed by atoms with Crippen molar-refractivity contribution in [3.63, 3.8) is 0 Å². The van der Waals surface area contributed by atoms with Crippen molar-refractivity contribution in [2.45, 2.75) is 39.3 Å². The minimum absolute atomic E-state index is 0.0905. The van der Waals surface area contributed by atoms with Crippen molar-refractivity contribution in [3.05, 3.63) is 87.1 Å². The zero-order valence-electron chi connectivity index (χ0n) is 22.3. The van der Waals surface area contributed by atoms with E-state index in [2.05, 4.69) is 15.6 Å². The first-order valence-electron chi connectivity index (χ1n) is 12.5. The molecular weight excluding hydrogens is 548 g/mol. The number of thiazole rings is 1. The van der Waals surface area contributed by atoms with Gasteiger partial charge in [-0.2, -0.15) is 0 Å². The number of methoxy groups -OCH3 is 1. The highest BCUT2D eigenvalue weighted by molar-refractivity contribution is 7.13. The topological polar surface area (TPSA) is 121 Å². The maximum atomic E-state index is 13.9. The third-order valence-electron chi connectivity index (χ3n) is 6.17. The molecule has 4 rings (SSSR count). The van der Waals surface area contributed by atoms with E-state index in [0.29, 0.717) is 16.4 Å². The Morgan fingerprint density at radius 1 is 1.05 bits per heavy atom. The van der Waals surface area contributed by atoms with Gasteiger partial charge in [0.1, 0.15) is 6.04 Å². The second kappa shape index (κ2) is 13.2. The number of aryl methyl sites for hydroxylation is 2. The first-order chi connectivity index (χ1) is 19.3. The summed E-state index contributed by atoms with van der Waals surface area (Å²) in [6, 6.07) is 12.9. The molecule has 0 saturated carbocycles. The van der Waals surface area contributed by atoms with E-state index >= 15 is 0 Å². The number of anilines is 2. The van der Waals surface area contributed by atoms with E-state index in [1.165, 1.54) is 40.7 Å². The predicted octanol–water partition coefficient (Wildman–Crippen LogP) is 5.35. The van der Waals surface area contributed by atoms with Crippen molar-refractivity contribution in [1.82, 2.24) is 10.3 Å². The van der Waals surface area contributed by atoms with Gasteiger partial charge in [0.2, 0.25) is 17.7 Å². The van der Waals surface area contributed by atoms with Gasteiger partial charge in [0, 0.05) is 35.0 Å². The first-order valence-corrected chi connectivity index (χ1v) is 14.3. The molecule has 0 aliphatic carbocycles. The number of benzene rings is 2. The van der Waals surface area contributed by atoms with Gasteiger partial charge in [0.15, 0.2) is 16.6 Å². The Hall–Kier alpha value is -4.22. The minimum Gasteiger partial charge on any atom is -0.504 e. The average Bonchev–Trinajstić information content (AvgIpc) is 3.65. The number of carbonyl (C=O) groups excluding carboxylic acids is 3. The lowest BCUT2D eigenvalue weighted by Gasteiger charge is -2.33. The monoisotopic (exact) mass is 578 g/mol. The highest BCUT2D eigenvalue weighted by atomic mass is 32.1. The van der Waals surface area contributed by atoms with Crippen LogP contribution in [-0.2, 0) is 20.9 Å². The highest BCUT2D eigenvalue weighted by Gasteiger charge is 2.34. The molecule has 1 atom stereocenters. The number of ether oxygens (including phenoxy) is 1. The van der Waals surface area contributed by atoms with Crippen LogP contribution in [0.2, 0.25) is 0 Å². The summed E-state index contributed by atoms with van der Waals surface area (Å²) < 4.78 is 5.31. The van der Waals surface area contributed by atoms with Crippen LogP contribution in [0.5, 0.6) is 11.5 Å². The quantitative estimate of drug-likeness (QED) is 0.221. The summed E-state index contributed by atoms with van der Waals surface area (Å²) >= 11 is 2.80. The molecule has 0 aliphatic heterocycles. The molecular formula is C29H30N4O5S2. The summed E-state index contributed by atoms with van der Waals surface area (Å²) in [4.78, 5) is 46.8. The second-order valence-corrected chi connectivity index (χ2v) is 11.0. The Morgan fingerprint density at radius 3 is 2.55 bits per heavy atom. The fourth-order valence-electron chi connectivity index (χ4n) is 4.27. The van der Waals surface area contributed by atoms with Crippen LogP contribution < -0.4 is 20.3 Å². The molecule has 3 amide bonds. The van der Waals surface area contributed by atoms with Gasteiger partial charge in [-0.25, -0.2) is 4.98 Å². The fraction of sp³-hybridized carbons (Fsp3) is 0.241. The lowest BCUT2D eigenvalue weighted by molar-refractivity contribution is -0.127. The van der Waals surface area contributed by atoms with E-state index in [1.807, 2.05) is 43.5 Å². The number of aromatic hydroxyl groups is 1. The van der Waals surface area contributed by atoms with E-state index in [9.17, 15) is 19.5 Å². The Labute approximate surface area is 240 Å². The van der Waals surface area contributed by atoms with Crippen LogP contribution in [0.1, 0.15) is 40.5 Å². The van der Waals surface area contributed by atoms with Crippen LogP contribution in [0, 0.1) is 13.8 Å². The predicted molar refractivity (Wildman–Crippen MR) is 157 cm³/mol. The Bertz CT molecular complexity index is 1470. The van der Waals surface area contributed by atoms with Gasteiger partial charge in [-0.05, 0) is 54.6 Å². The molecule has 11 heteroatoms. The van der Waals surface area contributed by atoms with Gasteiger partial charge in [-0.3, -0.25) is 19.3 Å². The number of thiophene rings is 1. The van der Waals surface area contributed by atoms with E-state index in [1.54, 1.807) is 29.8 Å². The van der Waals surface area contributed by atoms with E-state index in [-0.39, 0.29) is 36.8 Å². The summed E-state index contributed by atoms with van der Waals surface area (Å²) in [7, 11) is 1.42. The number of nitrogens with one attached hydrogen (secondary N) is 2. The van der Waals surface area contributed by atoms with Crippen molar-refractivity contribution in [2.24, 2.45) is 0 Å². The van der Waals surface area contributed by atoms with Crippen molar-refractivity contribution in [1.29, 1.82) is 0 Å². The van der Waals surface area contributed by atoms with Crippen LogP contribution in [0.4, 0.5) is 10.8 Å². The lowest BCUT2D eigenvalue weighted by atomic mass is 9.99. The van der Waals surface area contributed by atoms with Gasteiger partial charge < -0.3 is 20.5 Å². The van der Waals surface area contributed by atoms with Crippen LogP contribution in [0.15, 0.2) is 65.5 Å². The standard InChI is InChI=1S/C29H30N4O5S2/c1-18-6-8-22(19(2)15-18)33(26(36)11-10-25(35)32-29-30-12-14-40-29)27(20-7-9-23(34)24(16-20)38-3)28(37)31-17-21-5-4-13-39-21/h4-9,12-16,27,34H,10-11,17H2,1-3H3,(H,31,37)(H,30,32,35)/t27-/m0/s1. The SMILES string of the molecule is COc1cc([C@@H](C(=O)NCc2cccs2)N(C(=O)CCC(=O)Nc2nccs2)c2ccc(C)cc2C)ccc1O. The third-order valence-corrected chi connectivity index (χ3v) is 7.73. The number of hydrogen-bond donors (Lipinski definition) is 3. The third kappa shape index (κ3) is 7.04. The van der Waals surface area contributed by atoms with Crippen molar-refractivity contribution >= 4 is 51.2 Å². The van der Waals surface area contributed by atoms with Crippen LogP contribution in [-0.4, -0.2) is 34.9 Å². The smallest absolute Gasteiger partial charge is 0.248 e. The van der Waals surface area contributed by atoms with Gasteiger partial charge in [-0.1, -0.05) is 29.8 Å². The number of carbonyl (C=O) groups is 3. The van der Waals surface area contributed by atoms with Gasteiger partial charge in [0.25, 0.3) is 0 Å². The molecule has 0 saturated heterocycles. The molecule has 0 bridgehead atoms. The van der Waals surface area contributed by atoms with Crippen LogP contribution in [0.25, 0.3) is 0 Å². The Balaban J connectivity index is 1.71. The van der Waals surface area contributed by atoms with Crippen molar-refractivity contribution in [3.8, 4) is 11.5 Å². The number of aromatic nitrogens is 1. The van der Waals surface area contributed by atoms with Gasteiger partial charge >= 0.3 is 0 Å². The number of phenols is 1. The zero-order chi connectivity index (χ0) is 28.6. The maximum absolute atomic E-state index is 13.9. The molecule has 0 spiro atoms. The molecule has 2 heterocycles. The summed E-state index contributed by atoms with van der Waals surface area (Å²) in [5.41, 5.74) is 2.78. The molecule has 3 N–H and O–H groups in total. The van der Waals surface area contributed by atoms with E-state index < -0.39 is 17.9 Å². The molecule has 4 aromatic rings. The number of amides is 3. The number of nitrogens with zero attached hydrogens (tertiary/aromatic N) is 2. The Kier molecular flexibility index (Phi) is 9.52. The minimum atomic E-state index is -1.11. The second-order valence-electron chi connectivity index (χ2n) is 9.07. The molecule has 208 valence electrons. The normalized spacial score (nSPS) is 11.5. The number of rotatable bonds is 11. The largest absolute Gasteiger partial charge is 0.504 e. The van der Waals surface area contributed by atoms with E-state index in [4.69, 9.17) is 4.74 Å². The van der Waals surface area contributed by atoms with Gasteiger partial charge in [0.05, 0.1) is 13.7 Å². The van der Waals surface area contributed by atoms with Crippen molar-refractivity contribution < 1.29 is 24.2 Å². The van der Waals surface area contributed by atoms with E-state index in [0.717, 1.165) is 16.0 Å². The number of phenolic OH excluding ortho intramolecular Hbond substituents is 1. The lowest BCUT2D eigenvalue weighted by Crippen LogP contribution is -2.44. The molecule has 0 aliphatic rings. The highest BCUT2D eigenvalue weighted by Crippen LogP contribution is 2.36. The summed E-state index contributed by atoms with van der Waals surface area (Å²) in [6.07, 6.45) is 1.34.